The zero-order chi connectivity index (χ0) is 23.0. The van der Waals surface area contributed by atoms with E-state index in [1.165, 1.54) is 48.5 Å². The van der Waals surface area contributed by atoms with Gasteiger partial charge >= 0.3 is 5.97 Å². The van der Waals surface area contributed by atoms with Crippen molar-refractivity contribution in [3.63, 3.8) is 0 Å². The Morgan fingerprint density at radius 1 is 1.13 bits per heavy atom. The SMILES string of the molecule is CCOC(=O)C[C@@H](c1ccc([N+](=O)[O-])cc1)[C@@H](NC(=O)Cc1ccc(F)cc1)C(N)=O. The number of hydrogen-bond donors (Lipinski definition) is 2. The van der Waals surface area contributed by atoms with Crippen LogP contribution in [0.4, 0.5) is 10.1 Å². The van der Waals surface area contributed by atoms with Gasteiger partial charge in [-0.2, -0.15) is 0 Å². The maximum atomic E-state index is 13.0. The van der Waals surface area contributed by atoms with E-state index in [2.05, 4.69) is 5.32 Å². The maximum absolute atomic E-state index is 13.0. The fourth-order valence-electron chi connectivity index (χ4n) is 3.05. The van der Waals surface area contributed by atoms with E-state index in [1.807, 2.05) is 0 Å². The topological polar surface area (TPSA) is 142 Å². The van der Waals surface area contributed by atoms with E-state index in [0.717, 1.165) is 0 Å². The number of esters is 1. The van der Waals surface area contributed by atoms with Gasteiger partial charge < -0.3 is 15.8 Å². The number of rotatable bonds is 10. The third kappa shape index (κ3) is 6.88. The molecule has 0 fully saturated rings. The number of amides is 2. The highest BCUT2D eigenvalue weighted by atomic mass is 19.1. The maximum Gasteiger partial charge on any atom is 0.306 e. The third-order valence-electron chi connectivity index (χ3n) is 4.53. The van der Waals surface area contributed by atoms with Gasteiger partial charge in [0.2, 0.25) is 11.8 Å². The first-order valence-electron chi connectivity index (χ1n) is 9.44. The van der Waals surface area contributed by atoms with Crippen LogP contribution in [-0.2, 0) is 25.5 Å². The molecule has 2 aromatic rings. The molecule has 0 spiro atoms. The zero-order valence-corrected chi connectivity index (χ0v) is 16.7. The normalized spacial score (nSPS) is 12.5. The van der Waals surface area contributed by atoms with E-state index in [1.54, 1.807) is 6.92 Å². The van der Waals surface area contributed by atoms with Gasteiger partial charge in [0.05, 0.1) is 24.4 Å². The second kappa shape index (κ2) is 10.8. The van der Waals surface area contributed by atoms with Crippen molar-refractivity contribution in [3.8, 4) is 0 Å². The summed E-state index contributed by atoms with van der Waals surface area (Å²) in [4.78, 5) is 47.1. The van der Waals surface area contributed by atoms with Crippen molar-refractivity contribution in [3.05, 3.63) is 75.6 Å². The molecule has 2 amide bonds. The number of nitro benzene ring substituents is 1. The summed E-state index contributed by atoms with van der Waals surface area (Å²) in [6.45, 7) is 1.73. The van der Waals surface area contributed by atoms with Gasteiger partial charge in [-0.05, 0) is 30.2 Å². The molecule has 2 aromatic carbocycles. The molecule has 0 aliphatic rings. The minimum atomic E-state index is -1.28. The third-order valence-corrected chi connectivity index (χ3v) is 4.53. The van der Waals surface area contributed by atoms with Crippen LogP contribution in [0.5, 0.6) is 0 Å². The standard InChI is InChI=1S/C21H22FN3O6/c1-2-31-19(27)12-17(14-5-9-16(10-6-14)25(29)30)20(21(23)28)24-18(26)11-13-3-7-15(22)8-4-13/h3-10,17,20H,2,11-12H2,1H3,(H2,23,28)(H,24,26)/t17-,20+/m0/s1. The molecule has 0 aliphatic carbocycles. The predicted molar refractivity (Wildman–Crippen MR) is 108 cm³/mol. The summed E-state index contributed by atoms with van der Waals surface area (Å²) in [6.07, 6.45) is -0.424. The molecule has 0 aliphatic heterocycles. The Labute approximate surface area is 177 Å². The number of carbonyl (C=O) groups excluding carboxylic acids is 3. The van der Waals surface area contributed by atoms with E-state index in [-0.39, 0.29) is 25.1 Å². The minimum absolute atomic E-state index is 0.115. The van der Waals surface area contributed by atoms with Crippen molar-refractivity contribution >= 4 is 23.5 Å². The van der Waals surface area contributed by atoms with E-state index in [4.69, 9.17) is 10.5 Å². The molecule has 2 atom stereocenters. The molecule has 10 heteroatoms. The summed E-state index contributed by atoms with van der Waals surface area (Å²) in [5, 5.41) is 13.4. The van der Waals surface area contributed by atoms with Crippen LogP contribution >= 0.6 is 0 Å². The summed E-state index contributed by atoms with van der Waals surface area (Å²) < 4.78 is 18.0. The molecule has 0 radical (unpaired) electrons. The van der Waals surface area contributed by atoms with Crippen LogP contribution in [0.15, 0.2) is 48.5 Å². The quantitative estimate of drug-likeness (QED) is 0.335. The highest BCUT2D eigenvalue weighted by Crippen LogP contribution is 2.26. The van der Waals surface area contributed by atoms with Crippen LogP contribution in [0.1, 0.15) is 30.4 Å². The Bertz CT molecular complexity index is 947. The van der Waals surface area contributed by atoms with Crippen molar-refractivity contribution < 1.29 is 28.4 Å². The largest absolute Gasteiger partial charge is 0.466 e. The number of hydrogen-bond acceptors (Lipinski definition) is 6. The van der Waals surface area contributed by atoms with Gasteiger partial charge in [-0.1, -0.05) is 24.3 Å². The van der Waals surface area contributed by atoms with Crippen molar-refractivity contribution in [1.29, 1.82) is 0 Å². The predicted octanol–water partition coefficient (Wildman–Crippen LogP) is 1.98. The average molecular weight is 431 g/mol. The Morgan fingerprint density at radius 2 is 1.74 bits per heavy atom. The van der Waals surface area contributed by atoms with Crippen molar-refractivity contribution in [1.82, 2.24) is 5.32 Å². The summed E-state index contributed by atoms with van der Waals surface area (Å²) >= 11 is 0. The van der Waals surface area contributed by atoms with Crippen LogP contribution in [0.25, 0.3) is 0 Å². The lowest BCUT2D eigenvalue weighted by atomic mass is 9.87. The Morgan fingerprint density at radius 3 is 2.26 bits per heavy atom. The van der Waals surface area contributed by atoms with Gasteiger partial charge in [0.25, 0.3) is 5.69 Å². The number of non-ortho nitro benzene ring substituents is 1. The lowest BCUT2D eigenvalue weighted by Gasteiger charge is -2.25. The van der Waals surface area contributed by atoms with E-state index in [0.29, 0.717) is 11.1 Å². The van der Waals surface area contributed by atoms with E-state index < -0.39 is 40.5 Å². The number of ether oxygens (including phenoxy) is 1. The number of nitro groups is 1. The Balaban J connectivity index is 2.28. The number of carbonyl (C=O) groups is 3. The van der Waals surface area contributed by atoms with Crippen molar-refractivity contribution in [2.45, 2.75) is 31.7 Å². The molecule has 0 unspecified atom stereocenters. The molecule has 31 heavy (non-hydrogen) atoms. The molecule has 2 rings (SSSR count). The minimum Gasteiger partial charge on any atom is -0.466 e. The van der Waals surface area contributed by atoms with Crippen molar-refractivity contribution in [2.24, 2.45) is 5.73 Å². The average Bonchev–Trinajstić information content (AvgIpc) is 2.72. The first-order chi connectivity index (χ1) is 14.7. The van der Waals surface area contributed by atoms with Gasteiger partial charge in [0, 0.05) is 18.1 Å². The smallest absolute Gasteiger partial charge is 0.306 e. The van der Waals surface area contributed by atoms with Gasteiger partial charge in [-0.3, -0.25) is 24.5 Å². The summed E-state index contributed by atoms with van der Waals surface area (Å²) in [5.41, 5.74) is 6.24. The number of nitrogens with two attached hydrogens (primary N) is 1. The molecule has 9 nitrogen and oxygen atoms in total. The van der Waals surface area contributed by atoms with E-state index >= 15 is 0 Å². The second-order valence-electron chi connectivity index (χ2n) is 6.72. The van der Waals surface area contributed by atoms with Crippen molar-refractivity contribution in [2.75, 3.05) is 6.61 Å². The van der Waals surface area contributed by atoms with Gasteiger partial charge in [-0.15, -0.1) is 0 Å². The summed E-state index contributed by atoms with van der Waals surface area (Å²) in [6, 6.07) is 9.23. The molecule has 3 N–H and O–H groups in total. The Hall–Kier alpha value is -3.82. The Kier molecular flexibility index (Phi) is 8.18. The molecule has 0 aromatic heterocycles. The first kappa shape index (κ1) is 23.5. The highest BCUT2D eigenvalue weighted by Gasteiger charge is 2.32. The monoisotopic (exact) mass is 431 g/mol. The van der Waals surface area contributed by atoms with Crippen LogP contribution in [0.3, 0.4) is 0 Å². The summed E-state index contributed by atoms with van der Waals surface area (Å²) in [5.74, 6) is -3.43. The molecular weight excluding hydrogens is 409 g/mol. The first-order valence-corrected chi connectivity index (χ1v) is 9.44. The number of nitrogens with zero attached hydrogens (tertiary/aromatic N) is 1. The van der Waals surface area contributed by atoms with Crippen LogP contribution in [0.2, 0.25) is 0 Å². The fraction of sp³-hybridized carbons (Fsp3) is 0.286. The molecule has 0 bridgehead atoms. The molecule has 0 heterocycles. The van der Waals surface area contributed by atoms with Gasteiger partial charge in [0.1, 0.15) is 11.9 Å². The number of nitrogens with one attached hydrogen (secondary N) is 1. The van der Waals surface area contributed by atoms with Gasteiger partial charge in [0.15, 0.2) is 0 Å². The summed E-state index contributed by atoms with van der Waals surface area (Å²) in [7, 11) is 0. The second-order valence-corrected chi connectivity index (χ2v) is 6.72. The lowest BCUT2D eigenvalue weighted by molar-refractivity contribution is -0.384. The molecule has 164 valence electrons. The molecular formula is C21H22FN3O6. The lowest BCUT2D eigenvalue weighted by Crippen LogP contribution is -2.49. The highest BCUT2D eigenvalue weighted by molar-refractivity contribution is 5.89. The number of benzene rings is 2. The number of halogens is 1. The van der Waals surface area contributed by atoms with E-state index in [9.17, 15) is 28.9 Å². The van der Waals surface area contributed by atoms with Crippen LogP contribution < -0.4 is 11.1 Å². The van der Waals surface area contributed by atoms with Gasteiger partial charge in [-0.25, -0.2) is 4.39 Å². The van der Waals surface area contributed by atoms with Crippen LogP contribution in [-0.4, -0.2) is 35.4 Å². The zero-order valence-electron chi connectivity index (χ0n) is 16.7. The molecule has 0 saturated carbocycles. The van der Waals surface area contributed by atoms with Crippen LogP contribution in [0, 0.1) is 15.9 Å². The number of primary amides is 1. The fourth-order valence-corrected chi connectivity index (χ4v) is 3.05. The molecule has 0 saturated heterocycles.